The number of halogens is 1. The van der Waals surface area contributed by atoms with Gasteiger partial charge in [0.05, 0.1) is 6.04 Å². The van der Waals surface area contributed by atoms with E-state index in [1.807, 2.05) is 0 Å². The Balaban J connectivity index is 2.43. The minimum absolute atomic E-state index is 0.334. The van der Waals surface area contributed by atoms with Crippen molar-refractivity contribution < 1.29 is 19.1 Å². The summed E-state index contributed by atoms with van der Waals surface area (Å²) in [5.74, 6) is -0.718. The predicted octanol–water partition coefficient (Wildman–Crippen LogP) is 2.37. The Bertz CT molecular complexity index is 489. The molecule has 96 valence electrons. The van der Waals surface area contributed by atoms with Crippen molar-refractivity contribution in [1.82, 2.24) is 4.90 Å². The molecule has 0 spiro atoms. The number of rotatable bonds is 2. The molecule has 1 fully saturated rings. The zero-order chi connectivity index (χ0) is 13.3. The molecule has 0 radical (unpaired) electrons. The quantitative estimate of drug-likeness (QED) is 0.821. The lowest BCUT2D eigenvalue weighted by Crippen LogP contribution is -2.31. The summed E-state index contributed by atoms with van der Waals surface area (Å²) in [5, 5.41) is 9.14. The van der Waals surface area contributed by atoms with Crippen molar-refractivity contribution >= 4 is 12.4 Å². The topological polar surface area (TPSA) is 57.6 Å². The zero-order valence-electron chi connectivity index (χ0n) is 9.97. The van der Waals surface area contributed by atoms with Crippen LogP contribution in [-0.2, 0) is 4.79 Å². The number of likely N-dealkylation sites (tertiary alicyclic amines) is 1. The molecular weight excluding hydrogens is 237 g/mol. The van der Waals surface area contributed by atoms with Gasteiger partial charge in [-0.1, -0.05) is 6.07 Å². The molecule has 2 rings (SSSR count). The van der Waals surface area contributed by atoms with Gasteiger partial charge in [0.1, 0.15) is 12.1 Å². The first-order valence-electron chi connectivity index (χ1n) is 5.75. The summed E-state index contributed by atoms with van der Waals surface area (Å²) in [6, 6.07) is 3.71. The molecule has 0 saturated carbocycles. The Morgan fingerprint density at radius 2 is 2.28 bits per heavy atom. The van der Waals surface area contributed by atoms with Crippen LogP contribution in [0, 0.1) is 18.7 Å². The van der Waals surface area contributed by atoms with Crippen molar-refractivity contribution in [1.29, 1.82) is 0 Å². The van der Waals surface area contributed by atoms with Crippen molar-refractivity contribution in [2.75, 3.05) is 6.54 Å². The summed E-state index contributed by atoms with van der Waals surface area (Å²) in [4.78, 5) is 23.5. The molecule has 1 amide bonds. The maximum atomic E-state index is 13.1. The molecule has 18 heavy (non-hydrogen) atoms. The molecular formula is C13H14FNO3. The van der Waals surface area contributed by atoms with E-state index in [0.29, 0.717) is 24.1 Å². The van der Waals surface area contributed by atoms with Crippen LogP contribution < -0.4 is 0 Å². The molecule has 1 aromatic carbocycles. The van der Waals surface area contributed by atoms with E-state index in [1.165, 1.54) is 17.0 Å². The van der Waals surface area contributed by atoms with Crippen molar-refractivity contribution in [2.24, 2.45) is 5.92 Å². The fourth-order valence-electron chi connectivity index (χ4n) is 2.54. The smallest absolute Gasteiger partial charge is 0.407 e. The SMILES string of the molecule is Cc1cc(F)ccc1[C@H]1[C@H](C=O)CCN1C(=O)O. The average molecular weight is 251 g/mol. The Morgan fingerprint density at radius 1 is 1.56 bits per heavy atom. The van der Waals surface area contributed by atoms with Crippen molar-refractivity contribution in [3.63, 3.8) is 0 Å². The van der Waals surface area contributed by atoms with E-state index in [2.05, 4.69) is 0 Å². The molecule has 0 aliphatic carbocycles. The third-order valence-corrected chi connectivity index (χ3v) is 3.42. The number of aryl methyl sites for hydroxylation is 1. The molecule has 2 atom stereocenters. The normalized spacial score (nSPS) is 23.1. The van der Waals surface area contributed by atoms with Crippen LogP contribution in [-0.4, -0.2) is 28.9 Å². The standard InChI is InChI=1S/C13H14FNO3/c1-8-6-10(14)2-3-11(8)12-9(7-16)4-5-15(12)13(17)18/h2-3,6-7,9,12H,4-5H2,1H3,(H,17,18)/t9-,12+/m0/s1. The van der Waals surface area contributed by atoms with Crippen LogP contribution in [0.3, 0.4) is 0 Å². The first kappa shape index (κ1) is 12.5. The summed E-state index contributed by atoms with van der Waals surface area (Å²) in [5.41, 5.74) is 1.37. The minimum Gasteiger partial charge on any atom is -0.465 e. The van der Waals surface area contributed by atoms with Gasteiger partial charge in [-0.3, -0.25) is 0 Å². The highest BCUT2D eigenvalue weighted by Gasteiger charge is 2.38. The molecule has 5 heteroatoms. The van der Waals surface area contributed by atoms with Crippen LogP contribution >= 0.6 is 0 Å². The molecule has 0 aromatic heterocycles. The molecule has 1 heterocycles. The van der Waals surface area contributed by atoms with Gasteiger partial charge in [-0.15, -0.1) is 0 Å². The van der Waals surface area contributed by atoms with Gasteiger partial charge < -0.3 is 14.8 Å². The molecule has 0 unspecified atom stereocenters. The molecule has 4 nitrogen and oxygen atoms in total. The van der Waals surface area contributed by atoms with E-state index >= 15 is 0 Å². The summed E-state index contributed by atoms with van der Waals surface area (Å²) in [6.07, 6.45) is 0.251. The largest absolute Gasteiger partial charge is 0.465 e. The van der Waals surface area contributed by atoms with Crippen LogP contribution in [0.5, 0.6) is 0 Å². The first-order chi connectivity index (χ1) is 8.54. The summed E-state index contributed by atoms with van der Waals surface area (Å²) >= 11 is 0. The van der Waals surface area contributed by atoms with E-state index in [4.69, 9.17) is 5.11 Å². The van der Waals surface area contributed by atoms with E-state index < -0.39 is 12.1 Å². The lowest BCUT2D eigenvalue weighted by molar-refractivity contribution is -0.111. The monoisotopic (exact) mass is 251 g/mol. The van der Waals surface area contributed by atoms with Gasteiger partial charge in [0, 0.05) is 12.5 Å². The van der Waals surface area contributed by atoms with E-state index in [0.717, 1.165) is 6.29 Å². The number of hydrogen-bond donors (Lipinski definition) is 1. The van der Waals surface area contributed by atoms with E-state index in [9.17, 15) is 14.0 Å². The first-order valence-corrected chi connectivity index (χ1v) is 5.75. The van der Waals surface area contributed by atoms with Gasteiger partial charge >= 0.3 is 6.09 Å². The second kappa shape index (κ2) is 4.76. The predicted molar refractivity (Wildman–Crippen MR) is 62.8 cm³/mol. The number of aldehydes is 1. The van der Waals surface area contributed by atoms with E-state index in [1.54, 1.807) is 13.0 Å². The van der Waals surface area contributed by atoms with Gasteiger partial charge in [0.2, 0.25) is 0 Å². The van der Waals surface area contributed by atoms with Crippen LogP contribution in [0.2, 0.25) is 0 Å². The molecule has 1 N–H and O–H groups in total. The van der Waals surface area contributed by atoms with Crippen LogP contribution in [0.1, 0.15) is 23.6 Å². The third-order valence-electron chi connectivity index (χ3n) is 3.42. The number of nitrogens with zero attached hydrogens (tertiary/aromatic N) is 1. The maximum Gasteiger partial charge on any atom is 0.407 e. The maximum absolute atomic E-state index is 13.1. The third kappa shape index (κ3) is 2.08. The Morgan fingerprint density at radius 3 is 2.83 bits per heavy atom. The molecule has 1 aliphatic rings. The Hall–Kier alpha value is -1.91. The number of hydrogen-bond acceptors (Lipinski definition) is 2. The molecule has 1 aliphatic heterocycles. The van der Waals surface area contributed by atoms with Gasteiger partial charge in [-0.25, -0.2) is 9.18 Å². The summed E-state index contributed by atoms with van der Waals surface area (Å²) < 4.78 is 13.1. The Kier molecular flexibility index (Phi) is 3.32. The number of carboxylic acid groups (broad SMARTS) is 1. The number of carbonyl (C=O) groups excluding carboxylic acids is 1. The number of carbonyl (C=O) groups is 2. The summed E-state index contributed by atoms with van der Waals surface area (Å²) in [7, 11) is 0. The number of benzene rings is 1. The lowest BCUT2D eigenvalue weighted by atomic mass is 9.92. The molecule has 1 aromatic rings. The highest BCUT2D eigenvalue weighted by molar-refractivity contribution is 5.69. The fourth-order valence-corrected chi connectivity index (χ4v) is 2.54. The van der Waals surface area contributed by atoms with Crippen molar-refractivity contribution in [3.8, 4) is 0 Å². The molecule has 0 bridgehead atoms. The summed E-state index contributed by atoms with van der Waals surface area (Å²) in [6.45, 7) is 2.05. The second-order valence-electron chi connectivity index (χ2n) is 4.51. The average Bonchev–Trinajstić information content (AvgIpc) is 2.72. The molecule has 1 saturated heterocycles. The van der Waals surface area contributed by atoms with Crippen LogP contribution in [0.15, 0.2) is 18.2 Å². The minimum atomic E-state index is -1.05. The highest BCUT2D eigenvalue weighted by atomic mass is 19.1. The Labute approximate surface area is 104 Å². The highest BCUT2D eigenvalue weighted by Crippen LogP contribution is 2.37. The number of amides is 1. The zero-order valence-corrected chi connectivity index (χ0v) is 9.97. The van der Waals surface area contributed by atoms with Crippen LogP contribution in [0.4, 0.5) is 9.18 Å². The van der Waals surface area contributed by atoms with E-state index in [-0.39, 0.29) is 11.7 Å². The fraction of sp³-hybridized carbons (Fsp3) is 0.385. The van der Waals surface area contributed by atoms with Crippen LogP contribution in [0.25, 0.3) is 0 Å². The van der Waals surface area contributed by atoms with Gasteiger partial charge in [0.25, 0.3) is 0 Å². The van der Waals surface area contributed by atoms with Crippen molar-refractivity contribution in [3.05, 3.63) is 35.1 Å². The van der Waals surface area contributed by atoms with Gasteiger partial charge in [0.15, 0.2) is 0 Å². The second-order valence-corrected chi connectivity index (χ2v) is 4.51. The van der Waals surface area contributed by atoms with Gasteiger partial charge in [-0.2, -0.15) is 0 Å². The van der Waals surface area contributed by atoms with Gasteiger partial charge in [-0.05, 0) is 36.6 Å². The van der Waals surface area contributed by atoms with Crippen molar-refractivity contribution in [2.45, 2.75) is 19.4 Å². The lowest BCUT2D eigenvalue weighted by Gasteiger charge is -2.25.